The summed E-state index contributed by atoms with van der Waals surface area (Å²) in [6.45, 7) is 6.85. The highest BCUT2D eigenvalue weighted by Gasteiger charge is 2.33. The van der Waals surface area contributed by atoms with Crippen LogP contribution in [0.2, 0.25) is 0 Å². The van der Waals surface area contributed by atoms with Crippen molar-refractivity contribution < 1.29 is 14.3 Å². The van der Waals surface area contributed by atoms with Gasteiger partial charge < -0.3 is 10.1 Å². The molecule has 1 aromatic heterocycles. The Bertz CT molecular complexity index is 662. The first-order valence-electron chi connectivity index (χ1n) is 9.19. The highest BCUT2D eigenvalue weighted by molar-refractivity contribution is 7.17. The molecule has 25 heavy (non-hydrogen) atoms. The fourth-order valence-corrected chi connectivity index (χ4v) is 5.04. The number of thiophene rings is 1. The molecule has 1 aromatic rings. The summed E-state index contributed by atoms with van der Waals surface area (Å²) in [5.41, 5.74) is 1.65. The van der Waals surface area contributed by atoms with E-state index in [1.807, 2.05) is 0 Å². The van der Waals surface area contributed by atoms with Crippen LogP contribution in [0.1, 0.15) is 60.8 Å². The van der Waals surface area contributed by atoms with Crippen LogP contribution in [0.15, 0.2) is 0 Å². The van der Waals surface area contributed by atoms with Crippen molar-refractivity contribution in [3.63, 3.8) is 0 Å². The molecule has 138 valence electrons. The van der Waals surface area contributed by atoms with Crippen molar-refractivity contribution in [2.24, 2.45) is 5.92 Å². The molecular formula is C19H28N2O3S. The normalized spacial score (nSPS) is 19.8. The Labute approximate surface area is 153 Å². The molecule has 2 aliphatic rings. The maximum Gasteiger partial charge on any atom is 0.341 e. The zero-order valence-electron chi connectivity index (χ0n) is 15.6. The van der Waals surface area contributed by atoms with Gasteiger partial charge >= 0.3 is 5.97 Å². The summed E-state index contributed by atoms with van der Waals surface area (Å²) in [7, 11) is 1.40. The number of ether oxygens (including phenoxy) is 1. The van der Waals surface area contributed by atoms with Crippen molar-refractivity contribution in [1.29, 1.82) is 0 Å². The van der Waals surface area contributed by atoms with Gasteiger partial charge in [-0.15, -0.1) is 11.3 Å². The summed E-state index contributed by atoms with van der Waals surface area (Å²) < 4.78 is 4.98. The van der Waals surface area contributed by atoms with E-state index in [4.69, 9.17) is 4.74 Å². The van der Waals surface area contributed by atoms with E-state index in [2.05, 4.69) is 31.0 Å². The second kappa shape index (κ2) is 7.46. The van der Waals surface area contributed by atoms with E-state index in [1.165, 1.54) is 24.8 Å². The van der Waals surface area contributed by atoms with Gasteiger partial charge in [-0.25, -0.2) is 4.79 Å². The van der Waals surface area contributed by atoms with Crippen molar-refractivity contribution in [3.05, 3.63) is 16.0 Å². The zero-order chi connectivity index (χ0) is 18.1. The minimum absolute atomic E-state index is 0.0441. The first kappa shape index (κ1) is 18.4. The zero-order valence-corrected chi connectivity index (χ0v) is 16.4. The predicted octanol–water partition coefficient (Wildman–Crippen LogP) is 3.47. The molecular weight excluding hydrogens is 336 g/mol. The van der Waals surface area contributed by atoms with Crippen molar-refractivity contribution in [2.45, 2.75) is 65.0 Å². The Morgan fingerprint density at radius 2 is 2.04 bits per heavy atom. The van der Waals surface area contributed by atoms with E-state index in [1.54, 1.807) is 11.3 Å². The van der Waals surface area contributed by atoms with E-state index in [0.717, 1.165) is 24.8 Å². The Hall–Kier alpha value is -1.40. The summed E-state index contributed by atoms with van der Waals surface area (Å²) >= 11 is 1.55. The number of nitrogens with one attached hydrogen (secondary N) is 1. The van der Waals surface area contributed by atoms with Crippen molar-refractivity contribution in [2.75, 3.05) is 19.0 Å². The third kappa shape index (κ3) is 4.06. The van der Waals surface area contributed by atoms with Crippen LogP contribution in [0.25, 0.3) is 0 Å². The lowest BCUT2D eigenvalue weighted by Crippen LogP contribution is -2.39. The van der Waals surface area contributed by atoms with Crippen LogP contribution in [0.4, 0.5) is 5.00 Å². The summed E-state index contributed by atoms with van der Waals surface area (Å²) in [5.74, 6) is 0.231. The summed E-state index contributed by atoms with van der Waals surface area (Å²) in [5, 5.41) is 3.67. The standard InChI is InChI=1S/C19H28N2O3S/c1-11(2)21(13-6-7-13)10-16(22)20-18-17(19(23)24-4)14-8-5-12(3)9-15(14)25-18/h11-13H,5-10H2,1-4H3,(H,20,22)/t12-/m1/s1. The highest BCUT2D eigenvalue weighted by atomic mass is 32.1. The molecule has 0 saturated heterocycles. The van der Waals surface area contributed by atoms with E-state index < -0.39 is 0 Å². The van der Waals surface area contributed by atoms with Crippen LogP contribution in [0, 0.1) is 5.92 Å². The van der Waals surface area contributed by atoms with Gasteiger partial charge in [-0.2, -0.15) is 0 Å². The van der Waals surface area contributed by atoms with Gasteiger partial charge in [0, 0.05) is 17.0 Å². The molecule has 5 nitrogen and oxygen atoms in total. The van der Waals surface area contributed by atoms with Gasteiger partial charge in [-0.1, -0.05) is 6.92 Å². The number of fused-ring (bicyclic) bond motifs is 1. The highest BCUT2D eigenvalue weighted by Crippen LogP contribution is 2.40. The number of esters is 1. The Kier molecular flexibility index (Phi) is 5.49. The molecule has 1 fully saturated rings. The lowest BCUT2D eigenvalue weighted by Gasteiger charge is -2.25. The van der Waals surface area contributed by atoms with Gasteiger partial charge in [0.25, 0.3) is 0 Å². The molecule has 0 bridgehead atoms. The summed E-state index contributed by atoms with van der Waals surface area (Å²) in [6, 6.07) is 0.874. The molecule has 1 N–H and O–H groups in total. The number of hydrogen-bond donors (Lipinski definition) is 1. The number of rotatable bonds is 6. The molecule has 1 amide bonds. The molecule has 0 aliphatic heterocycles. The van der Waals surface area contributed by atoms with Crippen LogP contribution in [-0.4, -0.2) is 42.5 Å². The quantitative estimate of drug-likeness (QED) is 0.785. The molecule has 0 radical (unpaired) electrons. The molecule has 1 atom stereocenters. The second-order valence-electron chi connectivity index (χ2n) is 7.59. The SMILES string of the molecule is COC(=O)c1c(NC(=O)CN(C(C)C)C2CC2)sc2c1CC[C@@H](C)C2. The Morgan fingerprint density at radius 1 is 1.32 bits per heavy atom. The maximum atomic E-state index is 12.6. The molecule has 2 aliphatic carbocycles. The number of nitrogens with zero attached hydrogens (tertiary/aromatic N) is 1. The van der Waals surface area contributed by atoms with Crippen LogP contribution < -0.4 is 5.32 Å². The predicted molar refractivity (Wildman–Crippen MR) is 100 cm³/mol. The number of hydrogen-bond acceptors (Lipinski definition) is 5. The smallest absolute Gasteiger partial charge is 0.341 e. The monoisotopic (exact) mass is 364 g/mol. The molecule has 1 saturated carbocycles. The van der Waals surface area contributed by atoms with Gasteiger partial charge in [0.1, 0.15) is 5.00 Å². The minimum Gasteiger partial charge on any atom is -0.465 e. The topological polar surface area (TPSA) is 58.6 Å². The Morgan fingerprint density at radius 3 is 2.64 bits per heavy atom. The van der Waals surface area contributed by atoms with E-state index in [-0.39, 0.29) is 11.9 Å². The summed E-state index contributed by atoms with van der Waals surface area (Å²) in [4.78, 5) is 28.4. The fraction of sp³-hybridized carbons (Fsp3) is 0.684. The summed E-state index contributed by atoms with van der Waals surface area (Å²) in [6.07, 6.45) is 5.27. The molecule has 3 rings (SSSR count). The molecule has 0 unspecified atom stereocenters. The number of anilines is 1. The van der Waals surface area contributed by atoms with Crippen LogP contribution in [0.3, 0.4) is 0 Å². The third-order valence-corrected chi connectivity index (χ3v) is 6.33. The first-order chi connectivity index (χ1) is 11.9. The number of carbonyl (C=O) groups excluding carboxylic acids is 2. The largest absolute Gasteiger partial charge is 0.465 e. The third-order valence-electron chi connectivity index (χ3n) is 5.16. The lowest BCUT2D eigenvalue weighted by molar-refractivity contribution is -0.117. The second-order valence-corrected chi connectivity index (χ2v) is 8.70. The molecule has 6 heteroatoms. The van der Waals surface area contributed by atoms with Crippen molar-refractivity contribution in [1.82, 2.24) is 4.90 Å². The van der Waals surface area contributed by atoms with Gasteiger partial charge in [0.15, 0.2) is 0 Å². The number of methoxy groups -OCH3 is 1. The maximum absolute atomic E-state index is 12.6. The molecule has 0 aromatic carbocycles. The lowest BCUT2D eigenvalue weighted by atomic mass is 9.88. The van der Waals surface area contributed by atoms with Crippen molar-refractivity contribution >= 4 is 28.2 Å². The van der Waals surface area contributed by atoms with Gasteiger partial charge in [0.2, 0.25) is 5.91 Å². The minimum atomic E-state index is -0.342. The van der Waals surface area contributed by atoms with Crippen LogP contribution in [-0.2, 0) is 22.4 Å². The average Bonchev–Trinajstić information content (AvgIpc) is 3.33. The van der Waals surface area contributed by atoms with Crippen LogP contribution in [0.5, 0.6) is 0 Å². The van der Waals surface area contributed by atoms with E-state index >= 15 is 0 Å². The molecule has 0 spiro atoms. The van der Waals surface area contributed by atoms with Crippen molar-refractivity contribution in [3.8, 4) is 0 Å². The first-order valence-corrected chi connectivity index (χ1v) is 10.0. The number of amides is 1. The van der Waals surface area contributed by atoms with E-state index in [9.17, 15) is 9.59 Å². The number of carbonyl (C=O) groups is 2. The average molecular weight is 365 g/mol. The van der Waals surface area contributed by atoms with Crippen LogP contribution >= 0.6 is 11.3 Å². The molecule has 1 heterocycles. The fourth-order valence-electron chi connectivity index (χ4n) is 3.63. The van der Waals surface area contributed by atoms with Gasteiger partial charge in [-0.3, -0.25) is 9.69 Å². The van der Waals surface area contributed by atoms with E-state index in [0.29, 0.717) is 35.1 Å². The Balaban J connectivity index is 1.79. The van der Waals surface area contributed by atoms with Gasteiger partial charge in [-0.05, 0) is 57.4 Å². The van der Waals surface area contributed by atoms with Gasteiger partial charge in [0.05, 0.1) is 19.2 Å².